The Bertz CT molecular complexity index is 399. The van der Waals surface area contributed by atoms with Gasteiger partial charge in [-0.1, -0.05) is 0 Å². The SMILES string of the molecule is Cc1cc2sc(N)c(N)c2[nH]1. The van der Waals surface area contributed by atoms with Gasteiger partial charge in [0.25, 0.3) is 0 Å². The average Bonchev–Trinajstić information content (AvgIpc) is 2.37. The second-order valence-electron chi connectivity index (χ2n) is 2.57. The molecule has 2 aromatic heterocycles. The van der Waals surface area contributed by atoms with Crippen molar-refractivity contribution in [2.75, 3.05) is 11.5 Å². The highest BCUT2D eigenvalue weighted by atomic mass is 32.1. The van der Waals surface area contributed by atoms with Gasteiger partial charge in [0.05, 0.1) is 15.9 Å². The van der Waals surface area contributed by atoms with Gasteiger partial charge in [0, 0.05) is 5.69 Å². The molecule has 4 heteroatoms. The predicted molar refractivity (Wildman–Crippen MR) is 49.7 cm³/mol. The highest BCUT2D eigenvalue weighted by Crippen LogP contribution is 2.35. The summed E-state index contributed by atoms with van der Waals surface area (Å²) in [6, 6.07) is 2.05. The Morgan fingerprint density at radius 1 is 1.45 bits per heavy atom. The summed E-state index contributed by atoms with van der Waals surface area (Å²) in [5.41, 5.74) is 14.1. The maximum Gasteiger partial charge on any atom is 0.112 e. The van der Waals surface area contributed by atoms with Crippen molar-refractivity contribution in [2.24, 2.45) is 0 Å². The number of nitrogens with two attached hydrogens (primary N) is 2. The summed E-state index contributed by atoms with van der Waals surface area (Å²) in [5.74, 6) is 0. The maximum absolute atomic E-state index is 5.71. The van der Waals surface area contributed by atoms with E-state index in [-0.39, 0.29) is 0 Å². The van der Waals surface area contributed by atoms with Gasteiger partial charge in [-0.3, -0.25) is 0 Å². The third-order valence-corrected chi connectivity index (χ3v) is 2.65. The lowest BCUT2D eigenvalue weighted by molar-refractivity contribution is 1.30. The Kier molecular flexibility index (Phi) is 1.14. The summed E-state index contributed by atoms with van der Waals surface area (Å²) in [4.78, 5) is 3.15. The van der Waals surface area contributed by atoms with Crippen LogP contribution in [0.25, 0.3) is 10.2 Å². The van der Waals surface area contributed by atoms with Crippen LogP contribution in [0.1, 0.15) is 5.69 Å². The van der Waals surface area contributed by atoms with Crippen LogP contribution >= 0.6 is 11.3 Å². The molecule has 2 heterocycles. The van der Waals surface area contributed by atoms with E-state index >= 15 is 0 Å². The number of nitrogens with one attached hydrogen (secondary N) is 1. The number of fused-ring (bicyclic) bond motifs is 1. The van der Waals surface area contributed by atoms with E-state index in [1.807, 2.05) is 13.0 Å². The van der Waals surface area contributed by atoms with Gasteiger partial charge in [0.15, 0.2) is 0 Å². The molecule has 0 bridgehead atoms. The highest BCUT2D eigenvalue weighted by Gasteiger charge is 2.07. The number of rotatable bonds is 0. The molecular weight excluding hydrogens is 158 g/mol. The summed E-state index contributed by atoms with van der Waals surface area (Å²) in [5, 5.41) is 0.700. The number of H-pyrrole nitrogens is 1. The van der Waals surface area contributed by atoms with Crippen LogP contribution in [0.15, 0.2) is 6.07 Å². The largest absolute Gasteiger partial charge is 0.395 e. The Morgan fingerprint density at radius 2 is 2.18 bits per heavy atom. The number of aromatic nitrogens is 1. The molecular formula is C7H9N3S. The Balaban J connectivity index is 2.88. The number of anilines is 2. The zero-order valence-corrected chi connectivity index (χ0v) is 6.96. The van der Waals surface area contributed by atoms with Crippen LogP contribution in [-0.4, -0.2) is 4.98 Å². The molecule has 0 atom stereocenters. The van der Waals surface area contributed by atoms with E-state index < -0.39 is 0 Å². The molecule has 0 unspecified atom stereocenters. The lowest BCUT2D eigenvalue weighted by Crippen LogP contribution is -1.88. The molecule has 0 saturated heterocycles. The smallest absolute Gasteiger partial charge is 0.112 e. The second kappa shape index (κ2) is 1.92. The van der Waals surface area contributed by atoms with Gasteiger partial charge in [-0.2, -0.15) is 0 Å². The molecule has 0 spiro atoms. The first-order valence-electron chi connectivity index (χ1n) is 3.31. The van der Waals surface area contributed by atoms with Crippen LogP contribution < -0.4 is 11.5 Å². The van der Waals surface area contributed by atoms with Gasteiger partial charge in [0.1, 0.15) is 5.00 Å². The van der Waals surface area contributed by atoms with Crippen molar-refractivity contribution in [1.29, 1.82) is 0 Å². The van der Waals surface area contributed by atoms with E-state index in [4.69, 9.17) is 11.5 Å². The maximum atomic E-state index is 5.71. The minimum atomic E-state index is 0.679. The van der Waals surface area contributed by atoms with E-state index in [1.54, 1.807) is 0 Å². The first-order valence-corrected chi connectivity index (χ1v) is 4.13. The fraction of sp³-hybridized carbons (Fsp3) is 0.143. The average molecular weight is 167 g/mol. The zero-order valence-electron chi connectivity index (χ0n) is 6.14. The fourth-order valence-electron chi connectivity index (χ4n) is 1.14. The van der Waals surface area contributed by atoms with Crippen LogP contribution in [0.4, 0.5) is 10.7 Å². The molecule has 2 aromatic rings. The van der Waals surface area contributed by atoms with E-state index in [9.17, 15) is 0 Å². The van der Waals surface area contributed by atoms with Crippen LogP contribution in [0, 0.1) is 6.92 Å². The lowest BCUT2D eigenvalue weighted by atomic mass is 10.4. The zero-order chi connectivity index (χ0) is 8.01. The molecule has 3 nitrogen and oxygen atoms in total. The van der Waals surface area contributed by atoms with E-state index in [0.29, 0.717) is 10.7 Å². The van der Waals surface area contributed by atoms with Gasteiger partial charge in [-0.15, -0.1) is 11.3 Å². The fourth-order valence-corrected chi connectivity index (χ4v) is 2.09. The van der Waals surface area contributed by atoms with Crippen molar-refractivity contribution in [3.8, 4) is 0 Å². The summed E-state index contributed by atoms with van der Waals surface area (Å²) in [6.07, 6.45) is 0. The molecule has 5 N–H and O–H groups in total. The number of aromatic amines is 1. The van der Waals surface area contributed by atoms with Crippen molar-refractivity contribution >= 4 is 32.2 Å². The van der Waals surface area contributed by atoms with Gasteiger partial charge in [-0.05, 0) is 13.0 Å². The van der Waals surface area contributed by atoms with Crippen molar-refractivity contribution in [3.05, 3.63) is 11.8 Å². The van der Waals surface area contributed by atoms with Crippen molar-refractivity contribution in [2.45, 2.75) is 6.92 Å². The number of nitrogen functional groups attached to an aromatic ring is 2. The third-order valence-electron chi connectivity index (χ3n) is 1.67. The van der Waals surface area contributed by atoms with Gasteiger partial charge in [0.2, 0.25) is 0 Å². The Morgan fingerprint density at radius 3 is 2.82 bits per heavy atom. The normalized spacial score (nSPS) is 11.0. The van der Waals surface area contributed by atoms with E-state index in [0.717, 1.165) is 15.9 Å². The van der Waals surface area contributed by atoms with Crippen molar-refractivity contribution in [3.63, 3.8) is 0 Å². The number of hydrogen-bond acceptors (Lipinski definition) is 3. The standard InChI is InChI=1S/C7H9N3S/c1-3-2-4-6(10-3)5(8)7(9)11-4/h2,10H,8-9H2,1H3. The molecule has 0 radical (unpaired) electrons. The summed E-state index contributed by atoms with van der Waals surface area (Å²) in [6.45, 7) is 2.00. The van der Waals surface area contributed by atoms with Crippen molar-refractivity contribution in [1.82, 2.24) is 4.98 Å². The molecule has 0 saturated carbocycles. The van der Waals surface area contributed by atoms with Gasteiger partial charge >= 0.3 is 0 Å². The monoisotopic (exact) mass is 167 g/mol. The number of thiophene rings is 1. The predicted octanol–water partition coefficient (Wildman–Crippen LogP) is 1.70. The molecule has 0 amide bonds. The summed E-state index contributed by atoms with van der Waals surface area (Å²) in [7, 11) is 0. The third kappa shape index (κ3) is 0.793. The van der Waals surface area contributed by atoms with Crippen LogP contribution in [0.2, 0.25) is 0 Å². The second-order valence-corrected chi connectivity index (χ2v) is 3.66. The highest BCUT2D eigenvalue weighted by molar-refractivity contribution is 7.23. The number of hydrogen-bond donors (Lipinski definition) is 3. The van der Waals surface area contributed by atoms with Crippen molar-refractivity contribution < 1.29 is 0 Å². The van der Waals surface area contributed by atoms with Gasteiger partial charge in [-0.25, -0.2) is 0 Å². The topological polar surface area (TPSA) is 67.8 Å². The minimum Gasteiger partial charge on any atom is -0.395 e. The van der Waals surface area contributed by atoms with Crippen LogP contribution in [-0.2, 0) is 0 Å². The molecule has 0 fully saturated rings. The van der Waals surface area contributed by atoms with Crippen LogP contribution in [0.3, 0.4) is 0 Å². The molecule has 0 aromatic carbocycles. The number of aryl methyl sites for hydroxylation is 1. The molecule has 0 aliphatic heterocycles. The van der Waals surface area contributed by atoms with E-state index in [2.05, 4.69) is 4.98 Å². The first-order chi connectivity index (χ1) is 5.18. The van der Waals surface area contributed by atoms with Gasteiger partial charge < -0.3 is 16.5 Å². The molecule has 0 aliphatic carbocycles. The van der Waals surface area contributed by atoms with E-state index in [1.165, 1.54) is 11.3 Å². The first kappa shape index (κ1) is 6.54. The molecule has 2 rings (SSSR count). The molecule has 58 valence electrons. The van der Waals surface area contributed by atoms with Crippen LogP contribution in [0.5, 0.6) is 0 Å². The summed E-state index contributed by atoms with van der Waals surface area (Å²) >= 11 is 1.52. The summed E-state index contributed by atoms with van der Waals surface area (Å²) < 4.78 is 1.14. The quantitative estimate of drug-likeness (QED) is 0.559. The lowest BCUT2D eigenvalue weighted by Gasteiger charge is -1.87. The Labute approximate surface area is 68.0 Å². The minimum absolute atomic E-state index is 0.679. The molecule has 0 aliphatic rings. The Hall–Kier alpha value is -1.16. The molecule has 11 heavy (non-hydrogen) atoms.